The van der Waals surface area contributed by atoms with Crippen molar-refractivity contribution < 1.29 is 9.47 Å². The van der Waals surface area contributed by atoms with Gasteiger partial charge in [0.2, 0.25) is 6.79 Å². The Hall–Kier alpha value is -1.26. The normalized spacial score (nSPS) is 15.5. The van der Waals surface area contributed by atoms with E-state index in [4.69, 9.17) is 15.2 Å². The molecule has 0 saturated carbocycles. The van der Waals surface area contributed by atoms with E-state index in [9.17, 15) is 0 Å². The van der Waals surface area contributed by atoms with Crippen molar-refractivity contribution in [1.82, 2.24) is 4.90 Å². The second-order valence-electron chi connectivity index (χ2n) is 6.86. The van der Waals surface area contributed by atoms with Crippen LogP contribution in [-0.2, 0) is 6.42 Å². The highest BCUT2D eigenvalue weighted by Gasteiger charge is 2.21. The lowest BCUT2D eigenvalue weighted by molar-refractivity contribution is 0.167. The average molecular weight is 292 g/mol. The Bertz CT molecular complexity index is 474. The Labute approximate surface area is 128 Å². The predicted octanol–water partition coefficient (Wildman–Crippen LogP) is 2.65. The van der Waals surface area contributed by atoms with Crippen molar-refractivity contribution >= 4 is 0 Å². The van der Waals surface area contributed by atoms with E-state index in [1.165, 1.54) is 5.56 Å². The van der Waals surface area contributed by atoms with E-state index in [0.29, 0.717) is 19.4 Å². The summed E-state index contributed by atoms with van der Waals surface area (Å²) in [5, 5.41) is 0. The van der Waals surface area contributed by atoms with E-state index >= 15 is 0 Å². The number of benzene rings is 1. The number of fused-ring (bicyclic) bond motifs is 1. The molecule has 0 saturated heterocycles. The number of nitrogens with zero attached hydrogens (tertiary/aromatic N) is 1. The third-order valence-electron chi connectivity index (χ3n) is 4.27. The lowest BCUT2D eigenvalue weighted by Crippen LogP contribution is -2.41. The Balaban J connectivity index is 1.84. The van der Waals surface area contributed by atoms with Crippen LogP contribution in [-0.4, -0.2) is 37.9 Å². The monoisotopic (exact) mass is 292 g/mol. The highest BCUT2D eigenvalue weighted by Crippen LogP contribution is 2.33. The van der Waals surface area contributed by atoms with Gasteiger partial charge in [-0.05, 0) is 56.5 Å². The number of hydrogen-bond acceptors (Lipinski definition) is 4. The molecule has 0 radical (unpaired) electrons. The molecule has 118 valence electrons. The molecule has 2 N–H and O–H groups in total. The van der Waals surface area contributed by atoms with Gasteiger partial charge in [-0.2, -0.15) is 0 Å². The second-order valence-corrected chi connectivity index (χ2v) is 6.86. The van der Waals surface area contributed by atoms with Gasteiger partial charge in [0.25, 0.3) is 0 Å². The fourth-order valence-electron chi connectivity index (χ4n) is 2.59. The number of aryl methyl sites for hydroxylation is 1. The van der Waals surface area contributed by atoms with Crippen LogP contribution in [0.15, 0.2) is 18.2 Å². The van der Waals surface area contributed by atoms with Crippen molar-refractivity contribution in [2.75, 3.05) is 26.9 Å². The molecule has 1 aromatic carbocycles. The summed E-state index contributed by atoms with van der Waals surface area (Å²) in [6.45, 7) is 8.78. The molecule has 0 aliphatic carbocycles. The van der Waals surface area contributed by atoms with Gasteiger partial charge in [-0.3, -0.25) is 0 Å². The highest BCUT2D eigenvalue weighted by atomic mass is 16.7. The van der Waals surface area contributed by atoms with Crippen molar-refractivity contribution in [2.45, 2.75) is 39.7 Å². The third-order valence-corrected chi connectivity index (χ3v) is 4.27. The van der Waals surface area contributed by atoms with Gasteiger partial charge in [0, 0.05) is 12.6 Å². The number of rotatable bonds is 7. The van der Waals surface area contributed by atoms with Gasteiger partial charge in [-0.15, -0.1) is 0 Å². The Morgan fingerprint density at radius 3 is 2.71 bits per heavy atom. The Kier molecular flexibility index (Phi) is 5.12. The van der Waals surface area contributed by atoms with Crippen LogP contribution in [0.3, 0.4) is 0 Å². The van der Waals surface area contributed by atoms with Gasteiger partial charge in [0.1, 0.15) is 0 Å². The first-order valence-electron chi connectivity index (χ1n) is 7.70. The minimum Gasteiger partial charge on any atom is -0.454 e. The molecule has 0 fully saturated rings. The lowest BCUT2D eigenvalue weighted by atomic mass is 9.92. The zero-order valence-electron chi connectivity index (χ0n) is 13.7. The molecule has 2 rings (SSSR count). The predicted molar refractivity (Wildman–Crippen MR) is 85.8 cm³/mol. The van der Waals surface area contributed by atoms with Crippen LogP contribution in [0.25, 0.3) is 0 Å². The van der Waals surface area contributed by atoms with Crippen LogP contribution in [0.2, 0.25) is 0 Å². The molecule has 0 amide bonds. The first-order valence-corrected chi connectivity index (χ1v) is 7.70. The van der Waals surface area contributed by atoms with E-state index in [1.807, 2.05) is 6.07 Å². The van der Waals surface area contributed by atoms with E-state index in [-0.39, 0.29) is 5.41 Å². The summed E-state index contributed by atoms with van der Waals surface area (Å²) in [5.74, 6) is 1.73. The first kappa shape index (κ1) is 16.1. The average Bonchev–Trinajstić information content (AvgIpc) is 2.91. The maximum atomic E-state index is 5.82. The summed E-state index contributed by atoms with van der Waals surface area (Å²) < 4.78 is 10.8. The second kappa shape index (κ2) is 6.67. The largest absolute Gasteiger partial charge is 0.454 e. The van der Waals surface area contributed by atoms with Gasteiger partial charge in [-0.25, -0.2) is 0 Å². The fraction of sp³-hybridized carbons (Fsp3) is 0.647. The quantitative estimate of drug-likeness (QED) is 0.839. The third kappa shape index (κ3) is 4.35. The first-order chi connectivity index (χ1) is 9.91. The lowest BCUT2D eigenvalue weighted by Gasteiger charge is -2.33. The number of ether oxygens (including phenoxy) is 2. The van der Waals surface area contributed by atoms with Crippen LogP contribution in [0.5, 0.6) is 11.5 Å². The molecule has 0 aromatic heterocycles. The minimum absolute atomic E-state index is 0.168. The van der Waals surface area contributed by atoms with Gasteiger partial charge < -0.3 is 20.1 Å². The van der Waals surface area contributed by atoms with E-state index in [2.05, 4.69) is 44.9 Å². The molecule has 1 heterocycles. The molecular formula is C17H28N2O2. The van der Waals surface area contributed by atoms with Gasteiger partial charge in [0.15, 0.2) is 11.5 Å². The molecule has 1 unspecified atom stereocenters. The molecule has 21 heavy (non-hydrogen) atoms. The standard InChI is InChI=1S/C17H28N2O2/c1-13(19(4)11-17(2,3)10-18)5-6-14-7-8-15-16(9-14)21-12-20-15/h7-9,13H,5-6,10-12,18H2,1-4H3. The maximum absolute atomic E-state index is 5.82. The minimum atomic E-state index is 0.168. The summed E-state index contributed by atoms with van der Waals surface area (Å²) in [6.07, 6.45) is 2.17. The van der Waals surface area contributed by atoms with E-state index < -0.39 is 0 Å². The maximum Gasteiger partial charge on any atom is 0.231 e. The van der Waals surface area contributed by atoms with E-state index in [1.54, 1.807) is 0 Å². The summed E-state index contributed by atoms with van der Waals surface area (Å²) in [6, 6.07) is 6.76. The SMILES string of the molecule is CC(CCc1ccc2c(c1)OCO2)N(C)CC(C)(C)CN. The van der Waals surface area contributed by atoms with Gasteiger partial charge in [-0.1, -0.05) is 19.9 Å². The molecule has 4 nitrogen and oxygen atoms in total. The number of nitrogens with two attached hydrogens (primary N) is 1. The van der Waals surface area contributed by atoms with Crippen LogP contribution in [0, 0.1) is 5.41 Å². The Morgan fingerprint density at radius 1 is 1.29 bits per heavy atom. The van der Waals surface area contributed by atoms with Crippen LogP contribution in [0.4, 0.5) is 0 Å². The summed E-state index contributed by atoms with van der Waals surface area (Å²) in [5.41, 5.74) is 7.29. The molecule has 1 aliphatic rings. The molecule has 1 atom stereocenters. The van der Waals surface area contributed by atoms with E-state index in [0.717, 1.165) is 30.9 Å². The van der Waals surface area contributed by atoms with Crippen LogP contribution in [0.1, 0.15) is 32.8 Å². The molecule has 1 aliphatic heterocycles. The van der Waals surface area contributed by atoms with Crippen LogP contribution >= 0.6 is 0 Å². The summed E-state index contributed by atoms with van der Waals surface area (Å²) in [7, 11) is 2.18. The van der Waals surface area contributed by atoms with Gasteiger partial charge in [0.05, 0.1) is 0 Å². The molecule has 0 bridgehead atoms. The zero-order chi connectivity index (χ0) is 15.5. The van der Waals surface area contributed by atoms with Gasteiger partial charge >= 0.3 is 0 Å². The summed E-state index contributed by atoms with van der Waals surface area (Å²) >= 11 is 0. The molecule has 4 heteroatoms. The fourth-order valence-corrected chi connectivity index (χ4v) is 2.59. The van der Waals surface area contributed by atoms with Crippen molar-refractivity contribution in [3.8, 4) is 11.5 Å². The van der Waals surface area contributed by atoms with Crippen molar-refractivity contribution in [1.29, 1.82) is 0 Å². The Morgan fingerprint density at radius 2 is 2.00 bits per heavy atom. The van der Waals surface area contributed by atoms with Crippen molar-refractivity contribution in [3.63, 3.8) is 0 Å². The van der Waals surface area contributed by atoms with Crippen LogP contribution < -0.4 is 15.2 Å². The topological polar surface area (TPSA) is 47.7 Å². The smallest absolute Gasteiger partial charge is 0.231 e. The van der Waals surface area contributed by atoms with Crippen molar-refractivity contribution in [3.05, 3.63) is 23.8 Å². The highest BCUT2D eigenvalue weighted by molar-refractivity contribution is 5.44. The number of hydrogen-bond donors (Lipinski definition) is 1. The molecular weight excluding hydrogens is 264 g/mol. The zero-order valence-corrected chi connectivity index (χ0v) is 13.7. The van der Waals surface area contributed by atoms with Crippen molar-refractivity contribution in [2.24, 2.45) is 11.1 Å². The summed E-state index contributed by atoms with van der Waals surface area (Å²) in [4.78, 5) is 2.40. The molecule has 0 spiro atoms. The molecule has 1 aromatic rings.